The number of hydrogen-bond donors (Lipinski definition) is 5. The van der Waals surface area contributed by atoms with Gasteiger partial charge in [-0.2, -0.15) is 0 Å². The number of amides is 3. The molecule has 39 heavy (non-hydrogen) atoms. The van der Waals surface area contributed by atoms with Crippen molar-refractivity contribution in [3.63, 3.8) is 0 Å². The van der Waals surface area contributed by atoms with E-state index < -0.39 is 78.8 Å². The first-order chi connectivity index (χ1) is 18.3. The fourth-order valence-electron chi connectivity index (χ4n) is 4.11. The van der Waals surface area contributed by atoms with Gasteiger partial charge in [-0.3, -0.25) is 34.6 Å². The molecule has 0 bridgehead atoms. The van der Waals surface area contributed by atoms with E-state index in [1.807, 2.05) is 0 Å². The third-order valence-electron chi connectivity index (χ3n) is 6.08. The first-order valence-corrected chi connectivity index (χ1v) is 13.1. The average Bonchev–Trinajstić information content (AvgIpc) is 2.87. The highest BCUT2D eigenvalue weighted by Gasteiger charge is 2.29. The number of nitrogens with zero attached hydrogens (tertiary/aromatic N) is 2. The molecule has 2 aromatic carbocycles. The number of sulfonamides is 1. The van der Waals surface area contributed by atoms with Crippen molar-refractivity contribution in [3.05, 3.63) is 67.8 Å². The number of carbonyl (C=O) groups excluding carboxylic acids is 3. The van der Waals surface area contributed by atoms with E-state index in [1.54, 1.807) is 0 Å². The highest BCUT2D eigenvalue weighted by molar-refractivity contribution is 7.89. The lowest BCUT2D eigenvalue weighted by Gasteiger charge is -2.33. The zero-order valence-corrected chi connectivity index (χ0v) is 21.1. The molecule has 7 N–H and O–H groups in total. The van der Waals surface area contributed by atoms with Gasteiger partial charge in [-0.05, 0) is 37.1 Å². The Bertz CT molecular complexity index is 1430. The Morgan fingerprint density at radius 2 is 1.51 bits per heavy atom. The van der Waals surface area contributed by atoms with E-state index in [-0.39, 0.29) is 10.5 Å². The topological polar surface area (TPSA) is 260 Å². The maximum atomic E-state index is 12.7. The van der Waals surface area contributed by atoms with Crippen molar-refractivity contribution in [2.24, 2.45) is 5.14 Å². The Hall–Kier alpha value is -4.64. The molecule has 0 spiro atoms. The molecule has 0 unspecified atom stereocenters. The Labute approximate surface area is 221 Å². The number of anilines is 1. The summed E-state index contributed by atoms with van der Waals surface area (Å²) in [6.07, 6.45) is 2.62. The Kier molecular flexibility index (Phi) is 8.77. The Morgan fingerprint density at radius 1 is 0.923 bits per heavy atom. The second-order valence-electron chi connectivity index (χ2n) is 8.73. The van der Waals surface area contributed by atoms with Crippen LogP contribution >= 0.6 is 0 Å². The van der Waals surface area contributed by atoms with Gasteiger partial charge in [-0.1, -0.05) is 12.8 Å². The second kappa shape index (κ2) is 11.8. The molecule has 0 saturated heterocycles. The van der Waals surface area contributed by atoms with Gasteiger partial charge >= 0.3 is 0 Å². The van der Waals surface area contributed by atoms with Crippen molar-refractivity contribution in [2.75, 3.05) is 12.3 Å². The van der Waals surface area contributed by atoms with Crippen molar-refractivity contribution < 1.29 is 32.6 Å². The monoisotopic (exact) mass is 563 g/mol. The van der Waals surface area contributed by atoms with Gasteiger partial charge < -0.3 is 21.7 Å². The minimum absolute atomic E-state index is 0.148. The predicted octanol–water partition coefficient (Wildman–Crippen LogP) is 0.320. The molecule has 17 heteroatoms. The van der Waals surface area contributed by atoms with Crippen LogP contribution in [-0.4, -0.2) is 54.6 Å². The standard InChI is InChI=1S/C22H25N7O9S/c23-20-15(9-13(28(33)34)10-18(20)29(35)36)22(32)25-11-19(30)26-16-3-1-2-4-17(16)27-21(31)12-5-7-14(8-6-12)39(24,37)38/h5-10,16-17H,1-4,11,23H2,(H,25,32)(H,26,30)(H,27,31)(H2,24,37,38)/t16-,17+/m1/s1. The first-order valence-electron chi connectivity index (χ1n) is 11.5. The lowest BCUT2D eigenvalue weighted by molar-refractivity contribution is -0.393. The fourth-order valence-corrected chi connectivity index (χ4v) is 4.62. The first kappa shape index (κ1) is 28.9. The molecule has 1 aliphatic rings. The van der Waals surface area contributed by atoms with Crippen LogP contribution in [0.4, 0.5) is 17.1 Å². The maximum absolute atomic E-state index is 12.7. The number of non-ortho nitro benzene ring substituents is 1. The molecule has 16 nitrogen and oxygen atoms in total. The third-order valence-corrected chi connectivity index (χ3v) is 7.01. The van der Waals surface area contributed by atoms with Crippen molar-refractivity contribution in [2.45, 2.75) is 42.7 Å². The smallest absolute Gasteiger partial charge is 0.299 e. The molecule has 2 aromatic rings. The fraction of sp³-hybridized carbons (Fsp3) is 0.318. The molecular formula is C22H25N7O9S. The van der Waals surface area contributed by atoms with Gasteiger partial charge in [-0.15, -0.1) is 0 Å². The average molecular weight is 564 g/mol. The van der Waals surface area contributed by atoms with Crippen LogP contribution in [0.3, 0.4) is 0 Å². The van der Waals surface area contributed by atoms with Crippen molar-refractivity contribution >= 4 is 44.8 Å². The van der Waals surface area contributed by atoms with Gasteiger partial charge in [0, 0.05) is 23.7 Å². The molecule has 3 amide bonds. The maximum Gasteiger partial charge on any atom is 0.299 e. The van der Waals surface area contributed by atoms with Crippen LogP contribution in [0.1, 0.15) is 46.4 Å². The predicted molar refractivity (Wildman–Crippen MR) is 136 cm³/mol. The molecule has 1 saturated carbocycles. The molecule has 1 aliphatic carbocycles. The molecule has 208 valence electrons. The molecule has 2 atom stereocenters. The van der Waals surface area contributed by atoms with Gasteiger partial charge in [0.05, 0.1) is 32.9 Å². The van der Waals surface area contributed by atoms with Crippen LogP contribution < -0.4 is 26.8 Å². The minimum Gasteiger partial charge on any atom is -0.392 e. The number of rotatable bonds is 9. The van der Waals surface area contributed by atoms with Gasteiger partial charge in [0.25, 0.3) is 23.2 Å². The quantitative estimate of drug-likeness (QED) is 0.158. The summed E-state index contributed by atoms with van der Waals surface area (Å²) in [5.74, 6) is -2.14. The van der Waals surface area contributed by atoms with Crippen LogP contribution in [0.2, 0.25) is 0 Å². The summed E-state index contributed by atoms with van der Waals surface area (Å²) in [4.78, 5) is 58.0. The van der Waals surface area contributed by atoms with Gasteiger partial charge in [-0.25, -0.2) is 13.6 Å². The van der Waals surface area contributed by atoms with Crippen LogP contribution in [0, 0.1) is 20.2 Å². The van der Waals surface area contributed by atoms with Gasteiger partial charge in [0.1, 0.15) is 5.69 Å². The summed E-state index contributed by atoms with van der Waals surface area (Å²) in [5, 5.41) is 35.1. The number of nitrogens with one attached hydrogen (secondary N) is 3. The molecular weight excluding hydrogens is 538 g/mol. The normalized spacial score (nSPS) is 17.1. The number of benzene rings is 2. The molecule has 0 heterocycles. The summed E-state index contributed by atoms with van der Waals surface area (Å²) >= 11 is 0. The molecule has 0 aliphatic heterocycles. The number of nitrogen functional groups attached to an aromatic ring is 1. The number of hydrogen-bond acceptors (Lipinski definition) is 10. The SMILES string of the molecule is Nc1c(C(=O)NCC(=O)N[C@@H]2CCCC[C@@H]2NC(=O)c2ccc(S(N)(=O)=O)cc2)cc([N+](=O)[O-])cc1[N+](=O)[O-]. The number of primary sulfonamides is 1. The summed E-state index contributed by atoms with van der Waals surface area (Å²) in [7, 11) is -3.91. The summed E-state index contributed by atoms with van der Waals surface area (Å²) in [6, 6.07) is 5.49. The van der Waals surface area contributed by atoms with Gasteiger partial charge in [0.15, 0.2) is 0 Å². The number of carbonyl (C=O) groups is 3. The molecule has 1 fully saturated rings. The number of nitrogens with two attached hydrogens (primary N) is 2. The highest BCUT2D eigenvalue weighted by Crippen LogP contribution is 2.30. The lowest BCUT2D eigenvalue weighted by atomic mass is 9.90. The van der Waals surface area contributed by atoms with E-state index in [1.165, 1.54) is 24.3 Å². The molecule has 0 aromatic heterocycles. The van der Waals surface area contributed by atoms with Crippen molar-refractivity contribution in [1.29, 1.82) is 0 Å². The largest absolute Gasteiger partial charge is 0.392 e. The van der Waals surface area contributed by atoms with Gasteiger partial charge in [0.2, 0.25) is 15.9 Å². The van der Waals surface area contributed by atoms with E-state index >= 15 is 0 Å². The third kappa shape index (κ3) is 7.23. The van der Waals surface area contributed by atoms with E-state index in [2.05, 4.69) is 16.0 Å². The highest BCUT2D eigenvalue weighted by atomic mass is 32.2. The Morgan fingerprint density at radius 3 is 2.05 bits per heavy atom. The van der Waals surface area contributed by atoms with Crippen molar-refractivity contribution in [3.8, 4) is 0 Å². The summed E-state index contributed by atoms with van der Waals surface area (Å²) in [6.45, 7) is -0.568. The molecule has 3 rings (SSSR count). The van der Waals surface area contributed by atoms with E-state index in [9.17, 15) is 43.0 Å². The van der Waals surface area contributed by atoms with Crippen LogP contribution in [0.25, 0.3) is 0 Å². The van der Waals surface area contributed by atoms with Crippen molar-refractivity contribution in [1.82, 2.24) is 16.0 Å². The van der Waals surface area contributed by atoms with E-state index in [4.69, 9.17) is 10.9 Å². The Balaban J connectivity index is 1.63. The van der Waals surface area contributed by atoms with E-state index in [0.29, 0.717) is 18.9 Å². The zero-order chi connectivity index (χ0) is 28.9. The van der Waals surface area contributed by atoms with Crippen LogP contribution in [-0.2, 0) is 14.8 Å². The zero-order valence-electron chi connectivity index (χ0n) is 20.3. The minimum atomic E-state index is -3.91. The summed E-state index contributed by atoms with van der Waals surface area (Å²) < 4.78 is 22.8. The number of nitro benzene ring substituents is 2. The molecule has 0 radical (unpaired) electrons. The number of nitro groups is 2. The summed E-state index contributed by atoms with van der Waals surface area (Å²) in [5.41, 5.74) is 3.19. The van der Waals surface area contributed by atoms with Crippen LogP contribution in [0.15, 0.2) is 41.3 Å². The second-order valence-corrected chi connectivity index (χ2v) is 10.3. The lowest BCUT2D eigenvalue weighted by Crippen LogP contribution is -2.54. The van der Waals surface area contributed by atoms with E-state index in [0.717, 1.165) is 18.9 Å². The van der Waals surface area contributed by atoms with Crippen LogP contribution in [0.5, 0.6) is 0 Å².